The lowest BCUT2D eigenvalue weighted by Gasteiger charge is -2.39. The minimum Gasteiger partial charge on any atom is -0.465 e. The molecule has 0 aromatic heterocycles. The molecule has 1 saturated heterocycles. The van der Waals surface area contributed by atoms with Gasteiger partial charge in [-0.05, 0) is 46.9 Å². The number of likely N-dealkylation sites (tertiary alicyclic amines) is 1. The average molecular weight is 491 g/mol. The van der Waals surface area contributed by atoms with Crippen LogP contribution in [-0.2, 0) is 0 Å². The fraction of sp³-hybridized carbons (Fsp3) is 0.176. The Morgan fingerprint density at radius 2 is 1.78 bits per heavy atom. The Morgan fingerprint density at radius 1 is 1.07 bits per heavy atom. The molecule has 0 aliphatic carbocycles. The van der Waals surface area contributed by atoms with Crippen LogP contribution in [0.1, 0.15) is 10.4 Å². The average Bonchev–Trinajstić information content (AvgIpc) is 2.52. The number of nitrogens with zero attached hydrogens (tertiary/aromatic N) is 1. The van der Waals surface area contributed by atoms with Gasteiger partial charge in [0.15, 0.2) is 0 Å². The largest absolute Gasteiger partial charge is 0.465 e. The minimum absolute atomic E-state index is 0.0384. The predicted molar refractivity (Wildman–Crippen MR) is 99.6 cm³/mol. The van der Waals surface area contributed by atoms with Crippen molar-refractivity contribution in [2.24, 2.45) is 0 Å². The molecule has 142 valence electrons. The van der Waals surface area contributed by atoms with Crippen LogP contribution < -0.4 is 10.6 Å². The van der Waals surface area contributed by atoms with Crippen molar-refractivity contribution < 1.29 is 27.9 Å². The molecule has 1 aliphatic rings. The monoisotopic (exact) mass is 491 g/mol. The highest BCUT2D eigenvalue weighted by Gasteiger charge is 2.34. The van der Waals surface area contributed by atoms with E-state index in [1.54, 1.807) is 6.07 Å². The van der Waals surface area contributed by atoms with Crippen LogP contribution in [0.3, 0.4) is 0 Å². The van der Waals surface area contributed by atoms with E-state index in [1.807, 2.05) is 22.6 Å². The van der Waals surface area contributed by atoms with Gasteiger partial charge in [0.2, 0.25) is 0 Å². The molecule has 2 amide bonds. The zero-order chi connectivity index (χ0) is 19.7. The Hall–Kier alpha value is -2.50. The summed E-state index contributed by atoms with van der Waals surface area (Å²) >= 11 is 1.92. The maximum Gasteiger partial charge on any atom is 0.405 e. The van der Waals surface area contributed by atoms with Crippen molar-refractivity contribution in [1.82, 2.24) is 10.2 Å². The number of halogens is 4. The lowest BCUT2D eigenvalue weighted by molar-refractivity contribution is 0.0561. The van der Waals surface area contributed by atoms with Crippen LogP contribution in [0.2, 0.25) is 0 Å². The third-order valence-corrected chi connectivity index (χ3v) is 4.64. The Kier molecular flexibility index (Phi) is 5.44. The summed E-state index contributed by atoms with van der Waals surface area (Å²) in [6, 6.07) is 5.24. The van der Waals surface area contributed by atoms with Crippen molar-refractivity contribution in [3.63, 3.8) is 0 Å². The van der Waals surface area contributed by atoms with Gasteiger partial charge in [0.25, 0.3) is 5.91 Å². The van der Waals surface area contributed by atoms with Crippen LogP contribution in [0.5, 0.6) is 0 Å². The molecule has 0 bridgehead atoms. The second-order valence-corrected chi connectivity index (χ2v) is 7.16. The third-order valence-electron chi connectivity index (χ3n) is 3.97. The molecule has 1 aliphatic heterocycles. The molecule has 2 aromatic carbocycles. The van der Waals surface area contributed by atoms with Crippen LogP contribution >= 0.6 is 22.6 Å². The van der Waals surface area contributed by atoms with Crippen LogP contribution in [0.15, 0.2) is 30.3 Å². The van der Waals surface area contributed by atoms with Crippen LogP contribution in [0.4, 0.5) is 29.3 Å². The summed E-state index contributed by atoms with van der Waals surface area (Å²) in [6.07, 6.45) is -1.23. The van der Waals surface area contributed by atoms with E-state index in [0.717, 1.165) is 6.07 Å². The van der Waals surface area contributed by atoms with E-state index in [9.17, 15) is 22.8 Å². The summed E-state index contributed by atoms with van der Waals surface area (Å²) in [5, 5.41) is 13.4. The maximum atomic E-state index is 14.3. The molecule has 0 spiro atoms. The van der Waals surface area contributed by atoms with Gasteiger partial charge < -0.3 is 20.6 Å². The minimum atomic E-state index is -1.23. The third kappa shape index (κ3) is 4.26. The Balaban J connectivity index is 1.87. The zero-order valence-electron chi connectivity index (χ0n) is 13.6. The molecule has 1 heterocycles. The normalized spacial score (nSPS) is 13.9. The van der Waals surface area contributed by atoms with Crippen molar-refractivity contribution >= 4 is 46.0 Å². The van der Waals surface area contributed by atoms with Gasteiger partial charge in [0.05, 0.1) is 23.0 Å². The zero-order valence-corrected chi connectivity index (χ0v) is 15.8. The first kappa shape index (κ1) is 19.3. The van der Waals surface area contributed by atoms with Gasteiger partial charge in [-0.2, -0.15) is 0 Å². The Bertz CT molecular complexity index is 920. The van der Waals surface area contributed by atoms with E-state index >= 15 is 0 Å². The van der Waals surface area contributed by atoms with Gasteiger partial charge in [-0.3, -0.25) is 4.79 Å². The van der Waals surface area contributed by atoms with E-state index < -0.39 is 41.1 Å². The molecule has 10 heteroatoms. The number of hydrogen-bond donors (Lipinski definition) is 3. The molecule has 0 saturated carbocycles. The molecule has 2 aromatic rings. The van der Waals surface area contributed by atoms with Gasteiger partial charge >= 0.3 is 6.09 Å². The number of nitrogens with one attached hydrogen (secondary N) is 2. The molecular formula is C17H13F3IN3O3. The van der Waals surface area contributed by atoms with Crippen molar-refractivity contribution in [3.8, 4) is 0 Å². The van der Waals surface area contributed by atoms with E-state index in [0.29, 0.717) is 9.64 Å². The lowest BCUT2D eigenvalue weighted by atomic mass is 10.0. The number of anilines is 2. The molecule has 3 rings (SSSR count). The molecule has 0 atom stereocenters. The highest BCUT2D eigenvalue weighted by molar-refractivity contribution is 14.1. The van der Waals surface area contributed by atoms with Crippen LogP contribution in [0.25, 0.3) is 0 Å². The topological polar surface area (TPSA) is 81.7 Å². The van der Waals surface area contributed by atoms with E-state index in [1.165, 1.54) is 17.0 Å². The lowest BCUT2D eigenvalue weighted by Crippen LogP contribution is -2.60. The molecule has 3 N–H and O–H groups in total. The first-order chi connectivity index (χ1) is 12.7. The molecule has 0 radical (unpaired) electrons. The molecule has 27 heavy (non-hydrogen) atoms. The quantitative estimate of drug-likeness (QED) is 0.572. The van der Waals surface area contributed by atoms with Gasteiger partial charge in [0, 0.05) is 22.7 Å². The van der Waals surface area contributed by atoms with Crippen LogP contribution in [0, 0.1) is 21.0 Å². The summed E-state index contributed by atoms with van der Waals surface area (Å²) in [5.74, 6) is -3.40. The number of carbonyl (C=O) groups excluding carboxylic acids is 1. The number of benzene rings is 2. The van der Waals surface area contributed by atoms with Gasteiger partial charge in [-0.1, -0.05) is 0 Å². The maximum absolute atomic E-state index is 14.3. The number of hydrogen-bond acceptors (Lipinski definition) is 3. The highest BCUT2D eigenvalue weighted by atomic mass is 127. The van der Waals surface area contributed by atoms with E-state index in [-0.39, 0.29) is 24.5 Å². The summed E-state index contributed by atoms with van der Waals surface area (Å²) < 4.78 is 42.7. The second-order valence-electron chi connectivity index (χ2n) is 5.92. The second kappa shape index (κ2) is 7.62. The SMILES string of the molecule is O=C(O)NC1CN(C(=O)c2c(F)cc(F)cc2Nc2ccc(I)cc2F)C1. The smallest absolute Gasteiger partial charge is 0.405 e. The van der Waals surface area contributed by atoms with Crippen molar-refractivity contribution in [2.45, 2.75) is 6.04 Å². The number of carbonyl (C=O) groups is 2. The van der Waals surface area contributed by atoms with Crippen molar-refractivity contribution in [1.29, 1.82) is 0 Å². The van der Waals surface area contributed by atoms with Crippen LogP contribution in [-0.4, -0.2) is 41.1 Å². The summed E-state index contributed by atoms with van der Waals surface area (Å²) in [7, 11) is 0. The molecule has 0 unspecified atom stereocenters. The fourth-order valence-corrected chi connectivity index (χ4v) is 3.15. The Labute approximate surface area is 165 Å². The summed E-state index contributed by atoms with van der Waals surface area (Å²) in [4.78, 5) is 24.4. The number of amides is 2. The van der Waals surface area contributed by atoms with Gasteiger partial charge in [-0.15, -0.1) is 0 Å². The predicted octanol–water partition coefficient (Wildman–Crippen LogP) is 3.54. The van der Waals surface area contributed by atoms with Crippen molar-refractivity contribution in [2.75, 3.05) is 18.4 Å². The number of rotatable bonds is 4. The van der Waals surface area contributed by atoms with Gasteiger partial charge in [0.1, 0.15) is 17.5 Å². The molecule has 6 nitrogen and oxygen atoms in total. The Morgan fingerprint density at radius 3 is 2.41 bits per heavy atom. The van der Waals surface area contributed by atoms with E-state index in [4.69, 9.17) is 5.11 Å². The standard InChI is InChI=1S/C17H13F3IN3O3/c18-8-3-12(20)15(16(25)24-6-10(7-24)22-17(26)27)14(4-8)23-13-2-1-9(21)5-11(13)19/h1-5,10,22-23H,6-7H2,(H,26,27). The number of carboxylic acid groups (broad SMARTS) is 1. The first-order valence-electron chi connectivity index (χ1n) is 7.74. The first-order valence-corrected chi connectivity index (χ1v) is 8.82. The highest BCUT2D eigenvalue weighted by Crippen LogP contribution is 2.29. The fourth-order valence-electron chi connectivity index (χ4n) is 2.69. The summed E-state index contributed by atoms with van der Waals surface area (Å²) in [6.45, 7) is 0.110. The van der Waals surface area contributed by atoms with Crippen molar-refractivity contribution in [3.05, 3.63) is 56.9 Å². The van der Waals surface area contributed by atoms with E-state index in [2.05, 4.69) is 10.6 Å². The molecule has 1 fully saturated rings. The van der Waals surface area contributed by atoms with Gasteiger partial charge in [-0.25, -0.2) is 18.0 Å². The summed E-state index contributed by atoms with van der Waals surface area (Å²) in [5.41, 5.74) is -0.695. The molecular weight excluding hydrogens is 478 g/mol.